The summed E-state index contributed by atoms with van der Waals surface area (Å²) in [7, 11) is 1.64. The van der Waals surface area contributed by atoms with Crippen LogP contribution in [0.25, 0.3) is 10.8 Å². The van der Waals surface area contributed by atoms with E-state index in [2.05, 4.69) is 17.0 Å². The molecule has 2 fully saturated rings. The maximum absolute atomic E-state index is 13.3. The molecule has 1 aliphatic carbocycles. The van der Waals surface area contributed by atoms with Crippen molar-refractivity contribution in [3.8, 4) is 5.75 Å². The van der Waals surface area contributed by atoms with E-state index in [1.54, 1.807) is 12.0 Å². The van der Waals surface area contributed by atoms with Gasteiger partial charge in [0.2, 0.25) is 5.91 Å². The monoisotopic (exact) mass is 403 g/mol. The van der Waals surface area contributed by atoms with Crippen LogP contribution in [0, 0.1) is 5.92 Å². The van der Waals surface area contributed by atoms with Crippen molar-refractivity contribution in [1.29, 1.82) is 0 Å². The number of ether oxygens (including phenoxy) is 2. The number of hydrogen-bond acceptors (Lipinski definition) is 5. The Kier molecular flexibility index (Phi) is 5.01. The van der Waals surface area contributed by atoms with Crippen molar-refractivity contribution in [1.82, 2.24) is 4.98 Å². The van der Waals surface area contributed by atoms with Gasteiger partial charge in [-0.2, -0.15) is 0 Å². The second-order valence-electron chi connectivity index (χ2n) is 7.77. The van der Waals surface area contributed by atoms with Gasteiger partial charge in [-0.15, -0.1) is 0 Å². The lowest BCUT2D eigenvalue weighted by Gasteiger charge is -2.30. The summed E-state index contributed by atoms with van der Waals surface area (Å²) >= 11 is 0. The minimum Gasteiger partial charge on any atom is -0.497 e. The summed E-state index contributed by atoms with van der Waals surface area (Å²) in [5.41, 5.74) is 0.809. The highest BCUT2D eigenvalue weighted by atomic mass is 16.5. The number of anilines is 3. The lowest BCUT2D eigenvalue weighted by molar-refractivity contribution is -0.119. The van der Waals surface area contributed by atoms with Crippen molar-refractivity contribution in [2.24, 2.45) is 5.92 Å². The van der Waals surface area contributed by atoms with Gasteiger partial charge in [0.1, 0.15) is 17.4 Å². The average molecular weight is 403 g/mol. The number of aromatic nitrogens is 1. The predicted molar refractivity (Wildman–Crippen MR) is 118 cm³/mol. The van der Waals surface area contributed by atoms with E-state index in [9.17, 15) is 4.79 Å². The fraction of sp³-hybridized carbons (Fsp3) is 0.333. The topological polar surface area (TPSA) is 54.9 Å². The zero-order valence-electron chi connectivity index (χ0n) is 17.1. The molecule has 0 bridgehead atoms. The molecular weight excluding hydrogens is 378 g/mol. The molecule has 1 aromatic heterocycles. The van der Waals surface area contributed by atoms with E-state index in [1.807, 2.05) is 42.5 Å². The number of morpholine rings is 1. The molecule has 2 aromatic carbocycles. The van der Waals surface area contributed by atoms with Crippen LogP contribution < -0.4 is 14.5 Å². The van der Waals surface area contributed by atoms with Crippen LogP contribution in [0.1, 0.15) is 12.8 Å². The molecule has 30 heavy (non-hydrogen) atoms. The van der Waals surface area contributed by atoms with Crippen molar-refractivity contribution in [2.75, 3.05) is 43.2 Å². The molecule has 1 saturated heterocycles. The third-order valence-electron chi connectivity index (χ3n) is 5.72. The average Bonchev–Trinajstić information content (AvgIpc) is 3.65. The van der Waals surface area contributed by atoms with E-state index in [4.69, 9.17) is 14.5 Å². The first kappa shape index (κ1) is 18.9. The molecule has 3 aromatic rings. The Morgan fingerprint density at radius 2 is 1.83 bits per heavy atom. The number of carbonyl (C=O) groups is 1. The van der Waals surface area contributed by atoms with Crippen molar-refractivity contribution in [3.05, 3.63) is 54.6 Å². The Morgan fingerprint density at radius 3 is 2.53 bits per heavy atom. The molecule has 6 heteroatoms. The van der Waals surface area contributed by atoms with Crippen LogP contribution in [0.15, 0.2) is 54.6 Å². The van der Waals surface area contributed by atoms with Gasteiger partial charge in [0.15, 0.2) is 0 Å². The van der Waals surface area contributed by atoms with E-state index >= 15 is 0 Å². The molecule has 154 valence electrons. The molecule has 0 N–H and O–H groups in total. The summed E-state index contributed by atoms with van der Waals surface area (Å²) in [6, 6.07) is 17.9. The van der Waals surface area contributed by atoms with E-state index in [1.165, 1.54) is 0 Å². The molecule has 0 unspecified atom stereocenters. The molecule has 2 heterocycles. The van der Waals surface area contributed by atoms with Gasteiger partial charge in [-0.1, -0.05) is 24.3 Å². The highest BCUT2D eigenvalue weighted by molar-refractivity contribution is 6.04. The molecule has 6 nitrogen and oxygen atoms in total. The molecule has 0 radical (unpaired) electrons. The SMILES string of the molecule is COc1ccc(N(C(=O)C2CC2)c2cc3ccccc3c(N3CCOCC3)n2)cc1. The molecule has 1 aliphatic heterocycles. The summed E-state index contributed by atoms with van der Waals surface area (Å²) in [5, 5.41) is 2.17. The minimum absolute atomic E-state index is 0.0761. The second kappa shape index (κ2) is 7.95. The van der Waals surface area contributed by atoms with Gasteiger partial charge in [-0.25, -0.2) is 4.98 Å². The standard InChI is InChI=1S/C24H25N3O3/c1-29-20-10-8-19(9-11-20)27(24(28)17-6-7-17)22-16-18-4-2-3-5-21(18)23(25-22)26-12-14-30-15-13-26/h2-5,8-11,16-17H,6-7,12-15H2,1H3. The highest BCUT2D eigenvalue weighted by Gasteiger charge is 2.36. The van der Waals surface area contributed by atoms with Gasteiger partial charge >= 0.3 is 0 Å². The maximum atomic E-state index is 13.3. The molecule has 0 atom stereocenters. The third-order valence-corrected chi connectivity index (χ3v) is 5.72. The molecule has 2 aliphatic rings. The van der Waals surface area contributed by atoms with E-state index < -0.39 is 0 Å². The smallest absolute Gasteiger partial charge is 0.235 e. The molecule has 5 rings (SSSR count). The Morgan fingerprint density at radius 1 is 1.10 bits per heavy atom. The number of methoxy groups -OCH3 is 1. The first-order valence-electron chi connectivity index (χ1n) is 10.4. The van der Waals surface area contributed by atoms with Crippen molar-refractivity contribution >= 4 is 34.0 Å². The Hall–Kier alpha value is -3.12. The number of carbonyl (C=O) groups excluding carboxylic acids is 1. The number of pyridine rings is 1. The van der Waals surface area contributed by atoms with Gasteiger partial charge in [0.25, 0.3) is 0 Å². The Balaban J connectivity index is 1.64. The molecule has 1 saturated carbocycles. The van der Waals surface area contributed by atoms with Crippen LogP contribution in [0.3, 0.4) is 0 Å². The number of hydrogen-bond donors (Lipinski definition) is 0. The van der Waals surface area contributed by atoms with Gasteiger partial charge in [0, 0.05) is 24.4 Å². The van der Waals surface area contributed by atoms with Crippen molar-refractivity contribution in [3.63, 3.8) is 0 Å². The fourth-order valence-corrected chi connectivity index (χ4v) is 3.91. The largest absolute Gasteiger partial charge is 0.497 e. The van der Waals surface area contributed by atoms with Crippen LogP contribution in [0.4, 0.5) is 17.3 Å². The van der Waals surface area contributed by atoms with E-state index in [0.29, 0.717) is 19.0 Å². The summed E-state index contributed by atoms with van der Waals surface area (Å²) in [4.78, 5) is 22.3. The second-order valence-corrected chi connectivity index (χ2v) is 7.77. The summed E-state index contributed by atoms with van der Waals surface area (Å²) < 4.78 is 10.8. The normalized spacial score (nSPS) is 16.5. The number of amides is 1. The van der Waals surface area contributed by atoms with Crippen LogP contribution in [-0.2, 0) is 9.53 Å². The molecule has 0 spiro atoms. The van der Waals surface area contributed by atoms with E-state index in [0.717, 1.165) is 54.0 Å². The molecule has 1 amide bonds. The van der Waals surface area contributed by atoms with Gasteiger partial charge < -0.3 is 14.4 Å². The lowest BCUT2D eigenvalue weighted by atomic mass is 10.1. The first-order chi connectivity index (χ1) is 14.7. The number of benzene rings is 2. The third kappa shape index (κ3) is 3.59. The number of nitrogens with zero attached hydrogens (tertiary/aromatic N) is 3. The highest BCUT2D eigenvalue weighted by Crippen LogP contribution is 2.38. The predicted octanol–water partition coefficient (Wildman–Crippen LogP) is 4.15. The quantitative estimate of drug-likeness (QED) is 0.640. The minimum atomic E-state index is 0.0761. The zero-order valence-corrected chi connectivity index (χ0v) is 17.1. The van der Waals surface area contributed by atoms with Crippen LogP contribution >= 0.6 is 0 Å². The van der Waals surface area contributed by atoms with Crippen LogP contribution in [0.5, 0.6) is 5.75 Å². The Labute approximate surface area is 176 Å². The van der Waals surface area contributed by atoms with E-state index in [-0.39, 0.29) is 11.8 Å². The van der Waals surface area contributed by atoms with Crippen molar-refractivity contribution < 1.29 is 14.3 Å². The van der Waals surface area contributed by atoms with Gasteiger partial charge in [-0.3, -0.25) is 9.69 Å². The number of fused-ring (bicyclic) bond motifs is 1. The summed E-state index contributed by atoms with van der Waals surface area (Å²) in [6.07, 6.45) is 1.88. The van der Waals surface area contributed by atoms with Crippen LogP contribution in [-0.4, -0.2) is 44.3 Å². The molecular formula is C24H25N3O3. The summed E-state index contributed by atoms with van der Waals surface area (Å²) in [5.74, 6) is 2.52. The zero-order chi connectivity index (χ0) is 20.5. The first-order valence-corrected chi connectivity index (χ1v) is 10.4. The maximum Gasteiger partial charge on any atom is 0.235 e. The number of rotatable bonds is 5. The van der Waals surface area contributed by atoms with Gasteiger partial charge in [0.05, 0.1) is 26.0 Å². The summed E-state index contributed by atoms with van der Waals surface area (Å²) in [6.45, 7) is 2.95. The van der Waals surface area contributed by atoms with Crippen LogP contribution in [0.2, 0.25) is 0 Å². The fourth-order valence-electron chi connectivity index (χ4n) is 3.91. The van der Waals surface area contributed by atoms with Crippen molar-refractivity contribution in [2.45, 2.75) is 12.8 Å². The van der Waals surface area contributed by atoms with Gasteiger partial charge in [-0.05, 0) is 48.6 Å². The Bertz CT molecular complexity index is 1060. The lowest BCUT2D eigenvalue weighted by Crippen LogP contribution is -2.37.